The van der Waals surface area contributed by atoms with E-state index in [1.165, 1.54) is 33.5 Å². The molecule has 1 aliphatic rings. The molecule has 0 aromatic heterocycles. The van der Waals surface area contributed by atoms with Crippen molar-refractivity contribution in [3.8, 4) is 17.2 Å². The van der Waals surface area contributed by atoms with Gasteiger partial charge in [-0.2, -0.15) is 0 Å². The number of carbonyl (C=O) groups excluding carboxylic acids is 1. The van der Waals surface area contributed by atoms with Crippen molar-refractivity contribution >= 4 is 11.7 Å². The van der Waals surface area contributed by atoms with Gasteiger partial charge >= 0.3 is 6.03 Å². The highest BCUT2D eigenvalue weighted by molar-refractivity contribution is 5.91. The maximum Gasteiger partial charge on any atom is 0.319 e. The van der Waals surface area contributed by atoms with E-state index < -0.39 is 5.54 Å². The Kier molecular flexibility index (Phi) is 4.88. The molecule has 1 aliphatic carbocycles. The van der Waals surface area contributed by atoms with Crippen molar-refractivity contribution in [3.05, 3.63) is 47.8 Å². The number of carbonyl (C=O) groups is 1. The minimum Gasteiger partial charge on any atom is -0.493 e. The van der Waals surface area contributed by atoms with E-state index in [0.29, 0.717) is 22.9 Å². The Balaban J connectivity index is 1.75. The summed E-state index contributed by atoms with van der Waals surface area (Å²) in [5, 5.41) is 5.75. The van der Waals surface area contributed by atoms with Crippen molar-refractivity contribution in [2.75, 3.05) is 26.6 Å². The summed E-state index contributed by atoms with van der Waals surface area (Å²) < 4.78 is 28.9. The largest absolute Gasteiger partial charge is 0.493 e. The van der Waals surface area contributed by atoms with Crippen molar-refractivity contribution in [2.24, 2.45) is 0 Å². The molecule has 0 spiro atoms. The van der Waals surface area contributed by atoms with E-state index in [0.717, 1.165) is 18.4 Å². The minimum atomic E-state index is -0.446. The standard InChI is InChI=1S/C19H21FN2O4/c1-24-15-10-14(11-16(25-2)17(15)26-3)21-18(23)22-19(8-9-19)12-4-6-13(20)7-5-12/h4-7,10-11H,8-9H2,1-3H3,(H2,21,22,23). The molecule has 0 aliphatic heterocycles. The summed E-state index contributed by atoms with van der Waals surface area (Å²) in [6.07, 6.45) is 1.61. The highest BCUT2D eigenvalue weighted by Gasteiger charge is 2.45. The predicted octanol–water partition coefficient (Wildman–Crippen LogP) is 3.66. The normalized spacial score (nSPS) is 14.3. The van der Waals surface area contributed by atoms with Crippen LogP contribution in [0, 0.1) is 5.82 Å². The number of amides is 2. The van der Waals surface area contributed by atoms with Crippen LogP contribution >= 0.6 is 0 Å². The zero-order valence-electron chi connectivity index (χ0n) is 14.9. The van der Waals surface area contributed by atoms with Crippen LogP contribution in [-0.2, 0) is 5.54 Å². The summed E-state index contributed by atoms with van der Waals surface area (Å²) in [4.78, 5) is 12.5. The topological polar surface area (TPSA) is 68.8 Å². The number of ether oxygens (including phenoxy) is 3. The first-order valence-electron chi connectivity index (χ1n) is 8.16. The third kappa shape index (κ3) is 3.51. The number of rotatable bonds is 6. The molecule has 1 fully saturated rings. The third-order valence-electron chi connectivity index (χ3n) is 4.42. The van der Waals surface area contributed by atoms with Gasteiger partial charge in [0.1, 0.15) is 5.82 Å². The maximum atomic E-state index is 13.1. The lowest BCUT2D eigenvalue weighted by atomic mass is 10.1. The smallest absolute Gasteiger partial charge is 0.319 e. The van der Waals surface area contributed by atoms with Crippen molar-refractivity contribution in [1.29, 1.82) is 0 Å². The van der Waals surface area contributed by atoms with E-state index in [1.807, 2.05) is 0 Å². The number of methoxy groups -OCH3 is 3. The first-order chi connectivity index (χ1) is 12.5. The minimum absolute atomic E-state index is 0.300. The van der Waals surface area contributed by atoms with E-state index in [4.69, 9.17) is 14.2 Å². The van der Waals surface area contributed by atoms with Crippen molar-refractivity contribution < 1.29 is 23.4 Å². The van der Waals surface area contributed by atoms with Crippen LogP contribution in [0.4, 0.5) is 14.9 Å². The van der Waals surface area contributed by atoms with Gasteiger partial charge in [-0.1, -0.05) is 12.1 Å². The molecular weight excluding hydrogens is 339 g/mol. The number of anilines is 1. The van der Waals surface area contributed by atoms with Gasteiger partial charge in [0.15, 0.2) is 11.5 Å². The molecule has 0 bridgehead atoms. The van der Waals surface area contributed by atoms with E-state index in [9.17, 15) is 9.18 Å². The highest BCUT2D eigenvalue weighted by Crippen LogP contribution is 2.45. The molecule has 1 saturated carbocycles. The summed E-state index contributed by atoms with van der Waals surface area (Å²) in [6.45, 7) is 0. The maximum absolute atomic E-state index is 13.1. The summed E-state index contributed by atoms with van der Waals surface area (Å²) in [5.41, 5.74) is 0.948. The third-order valence-corrected chi connectivity index (χ3v) is 4.42. The lowest BCUT2D eigenvalue weighted by molar-refractivity contribution is 0.247. The molecule has 3 rings (SSSR count). The number of urea groups is 1. The van der Waals surface area contributed by atoms with Gasteiger partial charge < -0.3 is 24.8 Å². The number of hydrogen-bond acceptors (Lipinski definition) is 4. The molecular formula is C19H21FN2O4. The summed E-state index contributed by atoms with van der Waals surface area (Å²) in [7, 11) is 4.53. The Hall–Kier alpha value is -2.96. The Bertz CT molecular complexity index is 779. The number of hydrogen-bond donors (Lipinski definition) is 2. The fraction of sp³-hybridized carbons (Fsp3) is 0.316. The molecule has 0 heterocycles. The SMILES string of the molecule is COc1cc(NC(=O)NC2(c3ccc(F)cc3)CC2)cc(OC)c1OC. The average Bonchev–Trinajstić information content (AvgIpc) is 3.41. The molecule has 0 atom stereocenters. The molecule has 2 aromatic carbocycles. The molecule has 0 radical (unpaired) electrons. The van der Waals surface area contributed by atoms with Crippen molar-refractivity contribution in [3.63, 3.8) is 0 Å². The number of nitrogens with one attached hydrogen (secondary N) is 2. The average molecular weight is 360 g/mol. The number of benzene rings is 2. The Morgan fingerprint density at radius 1 is 1.00 bits per heavy atom. The zero-order chi connectivity index (χ0) is 18.7. The van der Waals surface area contributed by atoms with Crippen LogP contribution in [0.25, 0.3) is 0 Å². The van der Waals surface area contributed by atoms with Gasteiger partial charge in [0, 0.05) is 12.1 Å². The van der Waals surface area contributed by atoms with Crippen LogP contribution in [-0.4, -0.2) is 27.4 Å². The lowest BCUT2D eigenvalue weighted by Crippen LogP contribution is -2.38. The first kappa shape index (κ1) is 17.8. The molecule has 0 unspecified atom stereocenters. The molecule has 2 amide bonds. The second-order valence-electron chi connectivity index (χ2n) is 6.08. The van der Waals surface area contributed by atoms with Gasteiger partial charge in [0.05, 0.1) is 32.6 Å². The van der Waals surface area contributed by atoms with Crippen molar-refractivity contribution in [2.45, 2.75) is 18.4 Å². The first-order valence-corrected chi connectivity index (χ1v) is 8.16. The van der Waals surface area contributed by atoms with Gasteiger partial charge in [-0.15, -0.1) is 0 Å². The molecule has 7 heteroatoms. The summed E-state index contributed by atoms with van der Waals surface area (Å²) >= 11 is 0. The van der Waals surface area contributed by atoms with Crippen molar-refractivity contribution in [1.82, 2.24) is 5.32 Å². The Labute approximate surface area is 151 Å². The molecule has 138 valence electrons. The van der Waals surface area contributed by atoms with Gasteiger partial charge in [-0.25, -0.2) is 9.18 Å². The molecule has 26 heavy (non-hydrogen) atoms. The quantitative estimate of drug-likeness (QED) is 0.825. The second kappa shape index (κ2) is 7.11. The van der Waals surface area contributed by atoms with Gasteiger partial charge in [-0.05, 0) is 30.5 Å². The predicted molar refractivity (Wildman–Crippen MR) is 95.6 cm³/mol. The number of halogens is 1. The van der Waals surface area contributed by atoms with Crippen LogP contribution in [0.3, 0.4) is 0 Å². The molecule has 6 nitrogen and oxygen atoms in total. The monoisotopic (exact) mass is 360 g/mol. The zero-order valence-corrected chi connectivity index (χ0v) is 14.9. The fourth-order valence-corrected chi connectivity index (χ4v) is 2.91. The lowest BCUT2D eigenvalue weighted by Gasteiger charge is -2.19. The highest BCUT2D eigenvalue weighted by atomic mass is 19.1. The summed E-state index contributed by atoms with van der Waals surface area (Å²) in [5.74, 6) is 1.04. The van der Waals surface area contributed by atoms with E-state index in [1.54, 1.807) is 24.3 Å². The van der Waals surface area contributed by atoms with Crippen LogP contribution in [0.15, 0.2) is 36.4 Å². The van der Waals surface area contributed by atoms with Crippen LogP contribution in [0.2, 0.25) is 0 Å². The molecule has 0 saturated heterocycles. The van der Waals surface area contributed by atoms with E-state index >= 15 is 0 Å². The molecule has 2 N–H and O–H groups in total. The van der Waals surface area contributed by atoms with E-state index in [-0.39, 0.29) is 11.8 Å². The van der Waals surface area contributed by atoms with Crippen LogP contribution in [0.1, 0.15) is 18.4 Å². The van der Waals surface area contributed by atoms with Crippen LogP contribution < -0.4 is 24.8 Å². The van der Waals surface area contributed by atoms with Gasteiger partial charge in [-0.3, -0.25) is 0 Å². The Morgan fingerprint density at radius 2 is 1.58 bits per heavy atom. The Morgan fingerprint density at radius 3 is 2.04 bits per heavy atom. The fourth-order valence-electron chi connectivity index (χ4n) is 2.91. The van der Waals surface area contributed by atoms with E-state index in [2.05, 4.69) is 10.6 Å². The van der Waals surface area contributed by atoms with Gasteiger partial charge in [0.2, 0.25) is 5.75 Å². The molecule has 2 aromatic rings. The van der Waals surface area contributed by atoms with Gasteiger partial charge in [0.25, 0.3) is 0 Å². The van der Waals surface area contributed by atoms with Crippen LogP contribution in [0.5, 0.6) is 17.2 Å². The summed E-state index contributed by atoms with van der Waals surface area (Å²) in [6, 6.07) is 9.13. The second-order valence-corrected chi connectivity index (χ2v) is 6.08.